The second-order valence-corrected chi connectivity index (χ2v) is 6.69. The number of carbonyl (C=O) groups excluding carboxylic acids is 1. The van der Waals surface area contributed by atoms with E-state index in [2.05, 4.69) is 19.2 Å². The summed E-state index contributed by atoms with van der Waals surface area (Å²) < 4.78 is 5.00. The number of anilines is 1. The van der Waals surface area contributed by atoms with Crippen LogP contribution >= 0.6 is 0 Å². The third kappa shape index (κ3) is 4.81. The van der Waals surface area contributed by atoms with Crippen LogP contribution in [0.3, 0.4) is 0 Å². The van der Waals surface area contributed by atoms with Gasteiger partial charge in [0.1, 0.15) is 11.4 Å². The van der Waals surface area contributed by atoms with Gasteiger partial charge in [-0.05, 0) is 42.5 Å². The third-order valence-electron chi connectivity index (χ3n) is 4.18. The minimum Gasteiger partial charge on any atom is -0.496 e. The lowest BCUT2D eigenvalue weighted by Gasteiger charge is -2.14. The average Bonchev–Trinajstić information content (AvgIpc) is 2.61. The van der Waals surface area contributed by atoms with E-state index in [1.165, 1.54) is 24.8 Å². The maximum absolute atomic E-state index is 12.5. The molecule has 0 radical (unpaired) electrons. The van der Waals surface area contributed by atoms with E-state index in [1.807, 2.05) is 24.3 Å². The normalized spacial score (nSPS) is 11.9. The number of ether oxygens (including phenoxy) is 1. The molecular formula is C20H24N2O4. The van der Waals surface area contributed by atoms with Gasteiger partial charge < -0.3 is 10.1 Å². The van der Waals surface area contributed by atoms with Crippen molar-refractivity contribution in [2.75, 3.05) is 12.4 Å². The van der Waals surface area contributed by atoms with E-state index in [-0.39, 0.29) is 17.3 Å². The Hall–Kier alpha value is -2.89. The van der Waals surface area contributed by atoms with Gasteiger partial charge in [0.05, 0.1) is 24.0 Å². The number of nitro groups is 1. The molecule has 0 bridgehead atoms. The summed E-state index contributed by atoms with van der Waals surface area (Å²) in [5.74, 6) is 0.209. The number of hydrogen-bond acceptors (Lipinski definition) is 4. The molecule has 1 unspecified atom stereocenters. The van der Waals surface area contributed by atoms with E-state index in [0.29, 0.717) is 11.7 Å². The highest BCUT2D eigenvalue weighted by atomic mass is 16.6. The predicted molar refractivity (Wildman–Crippen MR) is 102 cm³/mol. The lowest BCUT2D eigenvalue weighted by molar-refractivity contribution is -0.384. The van der Waals surface area contributed by atoms with E-state index in [1.54, 1.807) is 13.0 Å². The summed E-state index contributed by atoms with van der Waals surface area (Å²) in [5.41, 5.74) is 2.05. The molecule has 2 aromatic rings. The van der Waals surface area contributed by atoms with Gasteiger partial charge in [-0.25, -0.2) is 0 Å². The Morgan fingerprint density at radius 3 is 2.35 bits per heavy atom. The molecule has 0 aliphatic rings. The van der Waals surface area contributed by atoms with Crippen molar-refractivity contribution < 1.29 is 14.5 Å². The van der Waals surface area contributed by atoms with Crippen molar-refractivity contribution in [2.24, 2.45) is 5.92 Å². The molecule has 0 saturated heterocycles. The van der Waals surface area contributed by atoms with Crippen LogP contribution in [0.5, 0.6) is 5.75 Å². The molecular weight excluding hydrogens is 332 g/mol. The average molecular weight is 356 g/mol. The van der Waals surface area contributed by atoms with Gasteiger partial charge in [0.2, 0.25) is 5.91 Å². The number of nitro benzene ring substituents is 1. The highest BCUT2D eigenvalue weighted by molar-refractivity contribution is 5.97. The quantitative estimate of drug-likeness (QED) is 0.583. The Kier molecular flexibility index (Phi) is 6.33. The maximum atomic E-state index is 12.5. The number of methoxy groups -OCH3 is 1. The highest BCUT2D eigenvalue weighted by Gasteiger charge is 2.21. The summed E-state index contributed by atoms with van der Waals surface area (Å²) in [5, 5.41) is 13.9. The first-order chi connectivity index (χ1) is 12.3. The van der Waals surface area contributed by atoms with E-state index in [9.17, 15) is 14.9 Å². The zero-order valence-electron chi connectivity index (χ0n) is 15.5. The van der Waals surface area contributed by atoms with Gasteiger partial charge in [-0.2, -0.15) is 0 Å². The molecule has 1 atom stereocenters. The standard InChI is InChI=1S/C20H24N2O4/c1-13(2)11-15-5-7-16(8-6-15)14(3)20(23)21-18-10-9-17(26-4)12-19(18)22(24)25/h5-10,12-14H,11H2,1-4H3,(H,21,23). The predicted octanol–water partition coefficient (Wildman–Crippen LogP) is 4.54. The van der Waals surface area contributed by atoms with Crippen LogP contribution in [-0.4, -0.2) is 17.9 Å². The number of benzene rings is 2. The molecule has 0 aliphatic carbocycles. The topological polar surface area (TPSA) is 81.5 Å². The van der Waals surface area contributed by atoms with Gasteiger partial charge >= 0.3 is 0 Å². The minimum atomic E-state index is -0.538. The Morgan fingerprint density at radius 1 is 1.15 bits per heavy atom. The molecule has 2 aromatic carbocycles. The van der Waals surface area contributed by atoms with Crippen molar-refractivity contribution in [1.82, 2.24) is 0 Å². The van der Waals surface area contributed by atoms with Gasteiger partial charge in [-0.15, -0.1) is 0 Å². The number of hydrogen-bond donors (Lipinski definition) is 1. The number of rotatable bonds is 7. The van der Waals surface area contributed by atoms with Crippen molar-refractivity contribution >= 4 is 17.3 Å². The Bertz CT molecular complexity index is 785. The fourth-order valence-electron chi connectivity index (χ4n) is 2.70. The lowest BCUT2D eigenvalue weighted by atomic mass is 9.96. The zero-order valence-corrected chi connectivity index (χ0v) is 15.5. The van der Waals surface area contributed by atoms with E-state index in [4.69, 9.17) is 4.74 Å². The van der Waals surface area contributed by atoms with Crippen LogP contribution in [0.2, 0.25) is 0 Å². The summed E-state index contributed by atoms with van der Waals surface area (Å²) in [6, 6.07) is 12.3. The van der Waals surface area contributed by atoms with E-state index < -0.39 is 10.8 Å². The smallest absolute Gasteiger partial charge is 0.296 e. The van der Waals surface area contributed by atoms with Crippen LogP contribution in [0.1, 0.15) is 37.8 Å². The molecule has 6 heteroatoms. The Morgan fingerprint density at radius 2 is 1.81 bits per heavy atom. The lowest BCUT2D eigenvalue weighted by Crippen LogP contribution is -2.19. The summed E-state index contributed by atoms with van der Waals surface area (Å²) >= 11 is 0. The molecule has 0 fully saturated rings. The van der Waals surface area contributed by atoms with Crippen LogP contribution in [0.25, 0.3) is 0 Å². The second-order valence-electron chi connectivity index (χ2n) is 6.69. The molecule has 0 saturated carbocycles. The van der Waals surface area contributed by atoms with Crippen molar-refractivity contribution in [3.63, 3.8) is 0 Å². The van der Waals surface area contributed by atoms with Gasteiger partial charge in [0.15, 0.2) is 0 Å². The molecule has 1 amide bonds. The fourth-order valence-corrected chi connectivity index (χ4v) is 2.70. The number of nitrogens with zero attached hydrogens (tertiary/aromatic N) is 1. The van der Waals surface area contributed by atoms with Gasteiger partial charge in [0, 0.05) is 0 Å². The van der Waals surface area contributed by atoms with Crippen LogP contribution in [0.4, 0.5) is 11.4 Å². The van der Waals surface area contributed by atoms with Crippen LogP contribution in [0, 0.1) is 16.0 Å². The fraction of sp³-hybridized carbons (Fsp3) is 0.350. The highest BCUT2D eigenvalue weighted by Crippen LogP contribution is 2.30. The number of carbonyl (C=O) groups is 1. The molecule has 6 nitrogen and oxygen atoms in total. The SMILES string of the molecule is COc1ccc(NC(=O)C(C)c2ccc(CC(C)C)cc2)c([N+](=O)[O-])c1. The second kappa shape index (κ2) is 8.47. The van der Waals surface area contributed by atoms with Crippen LogP contribution in [0.15, 0.2) is 42.5 Å². The summed E-state index contributed by atoms with van der Waals surface area (Å²) in [6.07, 6.45) is 0.985. The van der Waals surface area contributed by atoms with Crippen molar-refractivity contribution in [2.45, 2.75) is 33.1 Å². The van der Waals surface area contributed by atoms with Gasteiger partial charge in [0.25, 0.3) is 5.69 Å². The largest absolute Gasteiger partial charge is 0.496 e. The molecule has 1 N–H and O–H groups in total. The first-order valence-corrected chi connectivity index (χ1v) is 8.54. The summed E-state index contributed by atoms with van der Waals surface area (Å²) in [6.45, 7) is 6.10. The molecule has 2 rings (SSSR count). The first kappa shape index (κ1) is 19.4. The maximum Gasteiger partial charge on any atom is 0.296 e. The van der Waals surface area contributed by atoms with Crippen molar-refractivity contribution in [3.8, 4) is 5.75 Å². The molecule has 0 spiro atoms. The molecule has 0 aliphatic heterocycles. The minimum absolute atomic E-state index is 0.157. The van der Waals surface area contributed by atoms with Gasteiger partial charge in [-0.3, -0.25) is 14.9 Å². The van der Waals surface area contributed by atoms with Crippen LogP contribution in [-0.2, 0) is 11.2 Å². The Balaban J connectivity index is 2.15. The Labute approximate surface area is 153 Å². The van der Waals surface area contributed by atoms with Crippen molar-refractivity contribution in [3.05, 3.63) is 63.7 Å². The van der Waals surface area contributed by atoms with Crippen molar-refractivity contribution in [1.29, 1.82) is 0 Å². The molecule has 26 heavy (non-hydrogen) atoms. The van der Waals surface area contributed by atoms with E-state index >= 15 is 0 Å². The van der Waals surface area contributed by atoms with E-state index in [0.717, 1.165) is 12.0 Å². The first-order valence-electron chi connectivity index (χ1n) is 8.54. The monoisotopic (exact) mass is 356 g/mol. The summed E-state index contributed by atoms with van der Waals surface area (Å²) in [7, 11) is 1.43. The number of amides is 1. The number of nitrogens with one attached hydrogen (secondary N) is 1. The van der Waals surface area contributed by atoms with Gasteiger partial charge in [-0.1, -0.05) is 38.1 Å². The zero-order chi connectivity index (χ0) is 19.3. The van der Waals surface area contributed by atoms with Crippen LogP contribution < -0.4 is 10.1 Å². The third-order valence-corrected chi connectivity index (χ3v) is 4.18. The molecule has 0 heterocycles. The molecule has 0 aromatic heterocycles. The summed E-state index contributed by atoms with van der Waals surface area (Å²) in [4.78, 5) is 23.2. The molecule has 138 valence electrons.